The average molecular weight is 430 g/mol. The minimum Gasteiger partial charge on any atom is -0.381 e. The molecule has 3 heterocycles. The number of aryl methyl sites for hydroxylation is 1. The number of pyridine rings is 1. The molecule has 3 aromatic rings. The Bertz CT molecular complexity index is 1110. The zero-order valence-corrected chi connectivity index (χ0v) is 18.9. The fourth-order valence-electron chi connectivity index (χ4n) is 4.78. The molecule has 1 aliphatic carbocycles. The van der Waals surface area contributed by atoms with E-state index >= 15 is 0 Å². The Balaban J connectivity index is 1.29. The van der Waals surface area contributed by atoms with Gasteiger partial charge in [0.2, 0.25) is 0 Å². The van der Waals surface area contributed by atoms with Crippen molar-refractivity contribution in [3.63, 3.8) is 0 Å². The van der Waals surface area contributed by atoms with E-state index in [0.717, 1.165) is 39.7 Å². The molecule has 2 aliphatic rings. The lowest BCUT2D eigenvalue weighted by Crippen LogP contribution is -2.47. The van der Waals surface area contributed by atoms with Gasteiger partial charge in [-0.1, -0.05) is 18.6 Å². The highest BCUT2D eigenvalue weighted by atomic mass is 16.1. The number of carbonyl (C=O) groups excluding carboxylic acids is 1. The van der Waals surface area contributed by atoms with Gasteiger partial charge in [0.05, 0.1) is 30.0 Å². The zero-order valence-electron chi connectivity index (χ0n) is 18.9. The molecule has 5 rings (SSSR count). The van der Waals surface area contributed by atoms with Gasteiger partial charge in [-0.25, -0.2) is 4.68 Å². The number of hydrogen-bond acceptors (Lipinski definition) is 5. The number of anilines is 1. The maximum Gasteiger partial charge on any atom is 0.159 e. The van der Waals surface area contributed by atoms with Gasteiger partial charge in [-0.2, -0.15) is 5.10 Å². The second-order valence-electron chi connectivity index (χ2n) is 9.23. The zero-order chi connectivity index (χ0) is 22.1. The molecule has 0 bridgehead atoms. The van der Waals surface area contributed by atoms with E-state index in [0.29, 0.717) is 6.04 Å². The summed E-state index contributed by atoms with van der Waals surface area (Å²) in [6.07, 6.45) is 14.1. The summed E-state index contributed by atoms with van der Waals surface area (Å²) >= 11 is 0. The first-order chi connectivity index (χ1) is 15.6. The molecular weight excluding hydrogens is 398 g/mol. The van der Waals surface area contributed by atoms with Crippen molar-refractivity contribution >= 4 is 11.5 Å². The van der Waals surface area contributed by atoms with E-state index in [-0.39, 0.29) is 5.78 Å². The topological polar surface area (TPSA) is 63.1 Å². The van der Waals surface area contributed by atoms with Crippen LogP contribution >= 0.6 is 0 Å². The van der Waals surface area contributed by atoms with Crippen LogP contribution in [0.2, 0.25) is 0 Å². The Labute approximate surface area is 189 Å². The van der Waals surface area contributed by atoms with Gasteiger partial charge in [0.1, 0.15) is 0 Å². The van der Waals surface area contributed by atoms with Gasteiger partial charge in [0.15, 0.2) is 5.78 Å². The third kappa shape index (κ3) is 4.32. The lowest BCUT2D eigenvalue weighted by Gasteiger charge is -2.42. The fourth-order valence-corrected chi connectivity index (χ4v) is 4.78. The maximum atomic E-state index is 11.8. The molecule has 1 N–H and O–H groups in total. The molecule has 0 radical (unpaired) electrons. The summed E-state index contributed by atoms with van der Waals surface area (Å²) in [5.74, 6) is 0.0696. The minimum atomic E-state index is 0.0696. The number of piperidine rings is 1. The van der Waals surface area contributed by atoms with Gasteiger partial charge >= 0.3 is 0 Å². The van der Waals surface area contributed by atoms with Crippen LogP contribution in [0.4, 0.5) is 5.69 Å². The van der Waals surface area contributed by atoms with E-state index in [1.165, 1.54) is 45.2 Å². The number of hydrogen-bond donors (Lipinski definition) is 1. The number of ketones is 1. The first-order valence-electron chi connectivity index (χ1n) is 11.7. The molecule has 1 aliphatic heterocycles. The Morgan fingerprint density at radius 1 is 1.06 bits per heavy atom. The Hall–Kier alpha value is -2.99. The van der Waals surface area contributed by atoms with Crippen molar-refractivity contribution in [3.8, 4) is 16.8 Å². The van der Waals surface area contributed by atoms with Crippen LogP contribution in [-0.4, -0.2) is 50.6 Å². The van der Waals surface area contributed by atoms with Crippen LogP contribution in [0.15, 0.2) is 49.1 Å². The van der Waals surface area contributed by atoms with Crippen molar-refractivity contribution in [2.24, 2.45) is 0 Å². The summed E-state index contributed by atoms with van der Waals surface area (Å²) in [5.41, 5.74) is 5.83. The van der Waals surface area contributed by atoms with Crippen LogP contribution in [0, 0.1) is 6.92 Å². The minimum absolute atomic E-state index is 0.0696. The Morgan fingerprint density at radius 3 is 2.59 bits per heavy atom. The number of likely N-dealkylation sites (tertiary alicyclic amines) is 1. The van der Waals surface area contributed by atoms with Crippen LogP contribution in [0.5, 0.6) is 0 Å². The highest BCUT2D eigenvalue weighted by Gasteiger charge is 2.28. The summed E-state index contributed by atoms with van der Waals surface area (Å²) in [4.78, 5) is 18.9. The van der Waals surface area contributed by atoms with Crippen molar-refractivity contribution in [3.05, 3.63) is 60.2 Å². The molecule has 2 fully saturated rings. The Kier molecular flexibility index (Phi) is 5.79. The number of benzene rings is 1. The van der Waals surface area contributed by atoms with Gasteiger partial charge in [-0.05, 0) is 62.8 Å². The SMILES string of the molecule is CC(=O)c1ccc(C)c(-c2cnn(-c3cncc(NC4CCN(C5CCC5)CC4)c3)c2)c1. The van der Waals surface area contributed by atoms with E-state index in [1.807, 2.05) is 47.7 Å². The number of nitrogens with zero attached hydrogens (tertiary/aromatic N) is 4. The predicted octanol–water partition coefficient (Wildman–Crippen LogP) is 4.87. The van der Waals surface area contributed by atoms with Crippen LogP contribution in [0.1, 0.15) is 54.9 Å². The van der Waals surface area contributed by atoms with Gasteiger partial charge in [0, 0.05) is 42.5 Å². The van der Waals surface area contributed by atoms with E-state index in [4.69, 9.17) is 0 Å². The summed E-state index contributed by atoms with van der Waals surface area (Å²) in [6.45, 7) is 6.03. The Morgan fingerprint density at radius 2 is 1.88 bits per heavy atom. The van der Waals surface area contributed by atoms with E-state index in [1.54, 1.807) is 6.92 Å². The first-order valence-corrected chi connectivity index (χ1v) is 11.7. The number of nitrogens with one attached hydrogen (secondary N) is 1. The second-order valence-corrected chi connectivity index (χ2v) is 9.23. The molecule has 0 atom stereocenters. The largest absolute Gasteiger partial charge is 0.381 e. The second kappa shape index (κ2) is 8.87. The van der Waals surface area contributed by atoms with E-state index in [9.17, 15) is 4.79 Å². The summed E-state index contributed by atoms with van der Waals surface area (Å²) in [6, 6.07) is 9.27. The fraction of sp³-hybridized carbons (Fsp3) is 0.423. The molecule has 6 heteroatoms. The van der Waals surface area contributed by atoms with Crippen LogP contribution in [0.3, 0.4) is 0 Å². The summed E-state index contributed by atoms with van der Waals surface area (Å²) in [7, 11) is 0. The monoisotopic (exact) mass is 429 g/mol. The molecule has 32 heavy (non-hydrogen) atoms. The molecule has 0 spiro atoms. The summed E-state index contributed by atoms with van der Waals surface area (Å²) < 4.78 is 1.85. The van der Waals surface area contributed by atoms with Crippen molar-refractivity contribution in [2.75, 3.05) is 18.4 Å². The van der Waals surface area contributed by atoms with Crippen molar-refractivity contribution in [1.82, 2.24) is 19.7 Å². The molecule has 0 amide bonds. The highest BCUT2D eigenvalue weighted by Crippen LogP contribution is 2.29. The molecule has 1 aromatic carbocycles. The van der Waals surface area contributed by atoms with E-state index in [2.05, 4.69) is 33.3 Å². The maximum absolute atomic E-state index is 11.8. The molecular formula is C26H31N5O. The van der Waals surface area contributed by atoms with Gasteiger partial charge in [0.25, 0.3) is 0 Å². The van der Waals surface area contributed by atoms with Gasteiger partial charge < -0.3 is 10.2 Å². The molecule has 1 saturated carbocycles. The first kappa shape index (κ1) is 20.9. The molecule has 1 saturated heterocycles. The van der Waals surface area contributed by atoms with Crippen LogP contribution < -0.4 is 5.32 Å². The normalized spacial score (nSPS) is 17.8. The lowest BCUT2D eigenvalue weighted by atomic mass is 9.89. The molecule has 0 unspecified atom stereocenters. The van der Waals surface area contributed by atoms with Crippen LogP contribution in [0.25, 0.3) is 16.8 Å². The van der Waals surface area contributed by atoms with E-state index < -0.39 is 0 Å². The van der Waals surface area contributed by atoms with Crippen LogP contribution in [-0.2, 0) is 0 Å². The van der Waals surface area contributed by atoms with Crippen molar-refractivity contribution in [2.45, 2.75) is 58.0 Å². The third-order valence-electron chi connectivity index (χ3n) is 7.02. The lowest BCUT2D eigenvalue weighted by molar-refractivity contribution is 0.101. The van der Waals surface area contributed by atoms with Gasteiger partial charge in [-0.15, -0.1) is 0 Å². The third-order valence-corrected chi connectivity index (χ3v) is 7.02. The van der Waals surface area contributed by atoms with Crippen molar-refractivity contribution < 1.29 is 4.79 Å². The molecule has 166 valence electrons. The predicted molar refractivity (Wildman–Crippen MR) is 127 cm³/mol. The number of rotatable bonds is 6. The highest BCUT2D eigenvalue weighted by molar-refractivity contribution is 5.95. The quantitative estimate of drug-likeness (QED) is 0.566. The van der Waals surface area contributed by atoms with Crippen molar-refractivity contribution in [1.29, 1.82) is 0 Å². The number of carbonyl (C=O) groups is 1. The number of aromatic nitrogens is 3. The average Bonchev–Trinajstić information content (AvgIpc) is 3.24. The smallest absolute Gasteiger partial charge is 0.159 e. The molecule has 2 aromatic heterocycles. The van der Waals surface area contributed by atoms with Gasteiger partial charge in [-0.3, -0.25) is 9.78 Å². The summed E-state index contributed by atoms with van der Waals surface area (Å²) in [5, 5.41) is 8.26. The molecule has 6 nitrogen and oxygen atoms in total. The number of Topliss-reactive ketones (excluding diaryl/α,β-unsaturated/α-hetero) is 1. The standard InChI is InChI=1S/C26H31N5O/c1-18-6-7-20(19(2)32)12-26(18)21-14-28-31(17-21)25-13-23(15-27-16-25)29-22-8-10-30(11-9-22)24-4-3-5-24/h6-7,12-17,22,24,29H,3-5,8-11H2,1-2H3.